The number of hydrogen-bond donors (Lipinski definition) is 4. The van der Waals surface area contributed by atoms with Crippen LogP contribution in [0.2, 0.25) is 0 Å². The molecule has 0 aromatic rings. The van der Waals surface area contributed by atoms with Crippen molar-refractivity contribution in [1.29, 1.82) is 0 Å². The Balaban J connectivity index is -0.000000480. The number of halogens is 4. The Kier molecular flexibility index (Phi) is 56.8. The maximum Gasteiger partial charge on any atom is -0.00484 e. The van der Waals surface area contributed by atoms with Crippen LogP contribution >= 0.6 is 67.9 Å². The van der Waals surface area contributed by atoms with E-state index in [0.29, 0.717) is 0 Å². The Hall–Kier alpha value is 1.76. The van der Waals surface area contributed by atoms with Gasteiger partial charge >= 0.3 is 0 Å². The smallest absolute Gasteiger partial charge is 0.00484 e. The van der Waals surface area contributed by atoms with Crippen LogP contribution in [0.3, 0.4) is 0 Å². The summed E-state index contributed by atoms with van der Waals surface area (Å²) in [7, 11) is 0. The molecular weight excluding hydrogens is 628 g/mol. The maximum atomic E-state index is 3.57. The lowest BCUT2D eigenvalue weighted by Crippen LogP contribution is -2.19. The molecule has 29 heavy (non-hydrogen) atoms. The van der Waals surface area contributed by atoms with E-state index in [9.17, 15) is 0 Å². The number of nitrogens with one attached hydrogen (secondary N) is 4. The molecule has 4 nitrogen and oxygen atoms in total. The van der Waals surface area contributed by atoms with Gasteiger partial charge in [-0.25, -0.2) is 0 Å². The molecule has 0 aromatic heterocycles. The third-order valence-electron chi connectivity index (χ3n) is 4.62. The zero-order chi connectivity index (χ0) is 18.3. The minimum atomic E-state index is 0. The Morgan fingerprint density at radius 1 is 0.310 bits per heavy atom. The minimum Gasteiger partial charge on any atom is -0.317 e. The Labute approximate surface area is 224 Å². The van der Waals surface area contributed by atoms with Crippen LogP contribution in [0, 0.1) is 0 Å². The fourth-order valence-corrected chi connectivity index (χ4v) is 2.99. The predicted molar refractivity (Wildman–Crippen MR) is 155 cm³/mol. The molecule has 0 amide bonds. The standard InChI is InChI=1S/C21H48N4.4BrH/c1-3-22-16-12-14-20-24-18-10-8-6-5-7-9-11-19-25-21-15-13-17-23-4-2;;;;/h22-25H,3-21H2,1-2H3;4*1H. The van der Waals surface area contributed by atoms with Crippen LogP contribution in [0.25, 0.3) is 0 Å². The van der Waals surface area contributed by atoms with Gasteiger partial charge < -0.3 is 21.3 Å². The van der Waals surface area contributed by atoms with Crippen molar-refractivity contribution in [3.63, 3.8) is 0 Å². The average Bonchev–Trinajstić information content (AvgIpc) is 2.63. The maximum absolute atomic E-state index is 3.57. The molecule has 0 bridgehead atoms. The van der Waals surface area contributed by atoms with E-state index >= 15 is 0 Å². The molecule has 0 aliphatic rings. The molecule has 0 aliphatic carbocycles. The second-order valence-corrected chi connectivity index (χ2v) is 7.10. The molecule has 0 atom stereocenters. The van der Waals surface area contributed by atoms with E-state index in [4.69, 9.17) is 0 Å². The van der Waals surface area contributed by atoms with E-state index in [-0.39, 0.29) is 67.9 Å². The van der Waals surface area contributed by atoms with Gasteiger partial charge in [-0.3, -0.25) is 0 Å². The van der Waals surface area contributed by atoms with E-state index < -0.39 is 0 Å². The fourth-order valence-electron chi connectivity index (χ4n) is 2.99. The molecule has 0 aromatic carbocycles. The van der Waals surface area contributed by atoms with Crippen molar-refractivity contribution in [2.24, 2.45) is 0 Å². The normalized spacial score (nSPS) is 9.72. The summed E-state index contributed by atoms with van der Waals surface area (Å²) in [4.78, 5) is 0. The Bertz CT molecular complexity index is 219. The van der Waals surface area contributed by atoms with Gasteiger partial charge in [0.1, 0.15) is 0 Å². The summed E-state index contributed by atoms with van der Waals surface area (Å²) < 4.78 is 0. The molecule has 0 unspecified atom stereocenters. The lowest BCUT2D eigenvalue weighted by Gasteiger charge is -2.06. The third-order valence-corrected chi connectivity index (χ3v) is 4.62. The van der Waals surface area contributed by atoms with Crippen LogP contribution in [0.1, 0.15) is 84.5 Å². The highest BCUT2D eigenvalue weighted by molar-refractivity contribution is 8.93. The number of unbranched alkanes of at least 4 members (excludes halogenated alkanes) is 8. The summed E-state index contributed by atoms with van der Waals surface area (Å²) in [5.41, 5.74) is 0. The fraction of sp³-hybridized carbons (Fsp3) is 1.00. The van der Waals surface area contributed by atoms with Gasteiger partial charge in [0.05, 0.1) is 0 Å². The zero-order valence-electron chi connectivity index (χ0n) is 19.1. The highest BCUT2D eigenvalue weighted by Gasteiger charge is 1.94. The molecule has 0 fully saturated rings. The van der Waals surface area contributed by atoms with Crippen molar-refractivity contribution in [1.82, 2.24) is 21.3 Å². The molecule has 0 radical (unpaired) electrons. The summed E-state index contributed by atoms with van der Waals surface area (Å²) >= 11 is 0. The van der Waals surface area contributed by atoms with E-state index in [1.54, 1.807) is 0 Å². The molecule has 184 valence electrons. The quantitative estimate of drug-likeness (QED) is 0.106. The van der Waals surface area contributed by atoms with Crippen molar-refractivity contribution in [2.45, 2.75) is 84.5 Å². The van der Waals surface area contributed by atoms with Gasteiger partial charge in [0, 0.05) is 0 Å². The predicted octanol–water partition coefficient (Wildman–Crippen LogP) is 5.99. The third kappa shape index (κ3) is 40.6. The van der Waals surface area contributed by atoms with Crippen molar-refractivity contribution >= 4 is 67.9 Å². The summed E-state index contributed by atoms with van der Waals surface area (Å²) in [6.07, 6.45) is 14.9. The van der Waals surface area contributed by atoms with Gasteiger partial charge in [-0.2, -0.15) is 0 Å². The van der Waals surface area contributed by atoms with Gasteiger partial charge in [0.15, 0.2) is 0 Å². The average molecular weight is 680 g/mol. The van der Waals surface area contributed by atoms with E-state index in [1.807, 2.05) is 0 Å². The molecular formula is C21H52Br4N4. The molecule has 4 N–H and O–H groups in total. The summed E-state index contributed by atoms with van der Waals surface area (Å²) in [5, 5.41) is 13.9. The van der Waals surface area contributed by atoms with Crippen LogP contribution in [0.5, 0.6) is 0 Å². The van der Waals surface area contributed by atoms with Gasteiger partial charge in [0.25, 0.3) is 0 Å². The van der Waals surface area contributed by atoms with Crippen molar-refractivity contribution < 1.29 is 0 Å². The summed E-state index contributed by atoms with van der Waals surface area (Å²) in [5.74, 6) is 0. The number of rotatable bonds is 22. The monoisotopic (exact) mass is 676 g/mol. The van der Waals surface area contributed by atoms with Crippen LogP contribution in [-0.2, 0) is 0 Å². The minimum absolute atomic E-state index is 0. The SMILES string of the molecule is Br.Br.Br.Br.CCNCCCCNCCCCCCCCCNCCCCNCC. The largest absolute Gasteiger partial charge is 0.317 e. The van der Waals surface area contributed by atoms with Crippen molar-refractivity contribution in [2.75, 3.05) is 52.4 Å². The first-order valence-electron chi connectivity index (χ1n) is 11.2. The highest BCUT2D eigenvalue weighted by Crippen LogP contribution is 2.06. The Morgan fingerprint density at radius 2 is 0.517 bits per heavy atom. The first-order chi connectivity index (χ1) is 12.4. The zero-order valence-corrected chi connectivity index (χ0v) is 25.9. The second kappa shape index (κ2) is 40.2. The molecule has 0 saturated carbocycles. The molecule has 0 rings (SSSR count). The van der Waals surface area contributed by atoms with Crippen LogP contribution in [0.15, 0.2) is 0 Å². The van der Waals surface area contributed by atoms with Crippen molar-refractivity contribution in [3.8, 4) is 0 Å². The summed E-state index contributed by atoms with van der Waals surface area (Å²) in [6, 6.07) is 0. The van der Waals surface area contributed by atoms with Crippen molar-refractivity contribution in [3.05, 3.63) is 0 Å². The molecule has 0 aliphatic heterocycles. The molecule has 8 heteroatoms. The van der Waals surface area contributed by atoms with Gasteiger partial charge in [-0.1, -0.05) is 46.0 Å². The van der Waals surface area contributed by atoms with Gasteiger partial charge in [0.2, 0.25) is 0 Å². The Morgan fingerprint density at radius 3 is 0.793 bits per heavy atom. The van der Waals surface area contributed by atoms with Gasteiger partial charge in [-0.05, 0) is 90.9 Å². The lowest BCUT2D eigenvalue weighted by atomic mass is 10.1. The first kappa shape index (κ1) is 41.1. The van der Waals surface area contributed by atoms with Gasteiger partial charge in [-0.15, -0.1) is 67.9 Å². The second-order valence-electron chi connectivity index (χ2n) is 7.10. The molecule has 0 spiro atoms. The lowest BCUT2D eigenvalue weighted by molar-refractivity contribution is 0.530. The highest BCUT2D eigenvalue weighted by atomic mass is 79.9. The number of hydrogen-bond acceptors (Lipinski definition) is 4. The van der Waals surface area contributed by atoms with Crippen LogP contribution in [0.4, 0.5) is 0 Å². The summed E-state index contributed by atoms with van der Waals surface area (Å²) in [6.45, 7) is 13.7. The van der Waals surface area contributed by atoms with E-state index in [1.165, 1.54) is 110 Å². The topological polar surface area (TPSA) is 48.1 Å². The van der Waals surface area contributed by atoms with Crippen LogP contribution < -0.4 is 21.3 Å². The molecule has 0 heterocycles. The van der Waals surface area contributed by atoms with Crippen LogP contribution in [-0.4, -0.2) is 52.4 Å². The van der Waals surface area contributed by atoms with E-state index in [0.717, 1.165) is 13.1 Å². The molecule has 0 saturated heterocycles. The van der Waals surface area contributed by atoms with E-state index in [2.05, 4.69) is 35.1 Å². The first-order valence-corrected chi connectivity index (χ1v) is 11.2.